The highest BCUT2D eigenvalue weighted by Crippen LogP contribution is 2.21. The van der Waals surface area contributed by atoms with Crippen molar-refractivity contribution in [3.05, 3.63) is 34.1 Å². The van der Waals surface area contributed by atoms with Gasteiger partial charge >= 0.3 is 0 Å². The second kappa shape index (κ2) is 5.61. The zero-order valence-electron chi connectivity index (χ0n) is 9.00. The van der Waals surface area contributed by atoms with E-state index in [1.165, 1.54) is 6.07 Å². The van der Waals surface area contributed by atoms with E-state index < -0.39 is 6.10 Å². The minimum absolute atomic E-state index is 0.119. The number of hydrogen-bond acceptors (Lipinski definition) is 1. The maximum Gasteiger partial charge on any atom is 0.126 e. The molecule has 84 valence electrons. The van der Waals surface area contributed by atoms with E-state index in [9.17, 15) is 9.50 Å². The molecule has 0 amide bonds. The van der Waals surface area contributed by atoms with Crippen molar-refractivity contribution >= 4 is 15.9 Å². The van der Waals surface area contributed by atoms with E-state index in [0.29, 0.717) is 12.0 Å². The molecule has 0 heterocycles. The molecule has 0 aromatic heterocycles. The molecular weight excluding hydrogens is 259 g/mol. The first-order chi connectivity index (χ1) is 7.04. The van der Waals surface area contributed by atoms with Gasteiger partial charge in [-0.05, 0) is 43.0 Å². The van der Waals surface area contributed by atoms with Gasteiger partial charge in [0, 0.05) is 4.47 Å². The zero-order chi connectivity index (χ0) is 11.4. The number of aliphatic hydroxyl groups is 1. The van der Waals surface area contributed by atoms with E-state index in [-0.39, 0.29) is 11.7 Å². The summed E-state index contributed by atoms with van der Waals surface area (Å²) < 4.78 is 14.3. The Morgan fingerprint density at radius 1 is 1.47 bits per heavy atom. The summed E-state index contributed by atoms with van der Waals surface area (Å²) in [5.41, 5.74) is 0.664. The van der Waals surface area contributed by atoms with Crippen LogP contribution in [0.1, 0.15) is 25.8 Å². The third-order valence-electron chi connectivity index (χ3n) is 2.70. The van der Waals surface area contributed by atoms with Crippen LogP contribution in [0.25, 0.3) is 0 Å². The summed E-state index contributed by atoms with van der Waals surface area (Å²) in [4.78, 5) is 0. The fraction of sp³-hybridized carbons (Fsp3) is 0.500. The van der Waals surface area contributed by atoms with Crippen LogP contribution in [-0.2, 0) is 6.42 Å². The predicted octanol–water partition coefficient (Wildman–Crippen LogP) is 3.54. The van der Waals surface area contributed by atoms with Gasteiger partial charge in [-0.2, -0.15) is 0 Å². The van der Waals surface area contributed by atoms with Crippen LogP contribution in [0.2, 0.25) is 0 Å². The largest absolute Gasteiger partial charge is 0.393 e. The normalized spacial score (nSPS) is 15.0. The van der Waals surface area contributed by atoms with Crippen LogP contribution >= 0.6 is 15.9 Å². The number of hydrogen-bond donors (Lipinski definition) is 1. The van der Waals surface area contributed by atoms with Crippen molar-refractivity contribution in [1.29, 1.82) is 0 Å². The Labute approximate surface area is 98.4 Å². The van der Waals surface area contributed by atoms with Crippen LogP contribution in [0.5, 0.6) is 0 Å². The van der Waals surface area contributed by atoms with Crippen LogP contribution in [0.4, 0.5) is 4.39 Å². The Kier molecular flexibility index (Phi) is 4.74. The summed E-state index contributed by atoms with van der Waals surface area (Å²) in [7, 11) is 0. The van der Waals surface area contributed by atoms with E-state index in [4.69, 9.17) is 0 Å². The summed E-state index contributed by atoms with van der Waals surface area (Å²) in [6.07, 6.45) is 1.04. The molecule has 0 saturated carbocycles. The second-order valence-corrected chi connectivity index (χ2v) is 4.76. The summed E-state index contributed by atoms with van der Waals surface area (Å²) in [5, 5.41) is 9.50. The molecule has 0 radical (unpaired) electrons. The Morgan fingerprint density at radius 2 is 2.13 bits per heavy atom. The number of benzene rings is 1. The first-order valence-electron chi connectivity index (χ1n) is 5.16. The van der Waals surface area contributed by atoms with E-state index in [1.54, 1.807) is 19.1 Å². The van der Waals surface area contributed by atoms with Gasteiger partial charge in [-0.15, -0.1) is 0 Å². The Morgan fingerprint density at radius 3 is 2.67 bits per heavy atom. The molecule has 2 unspecified atom stereocenters. The number of halogens is 2. The van der Waals surface area contributed by atoms with Crippen molar-refractivity contribution in [3.8, 4) is 0 Å². The van der Waals surface area contributed by atoms with Crippen molar-refractivity contribution in [2.24, 2.45) is 5.92 Å². The quantitative estimate of drug-likeness (QED) is 0.891. The van der Waals surface area contributed by atoms with Crippen LogP contribution in [0.3, 0.4) is 0 Å². The zero-order valence-corrected chi connectivity index (χ0v) is 10.6. The van der Waals surface area contributed by atoms with Gasteiger partial charge in [0.1, 0.15) is 5.82 Å². The highest BCUT2D eigenvalue weighted by molar-refractivity contribution is 9.10. The molecule has 0 saturated heterocycles. The minimum Gasteiger partial charge on any atom is -0.393 e. The van der Waals surface area contributed by atoms with Gasteiger partial charge in [0.2, 0.25) is 0 Å². The maximum absolute atomic E-state index is 13.4. The second-order valence-electron chi connectivity index (χ2n) is 3.85. The lowest BCUT2D eigenvalue weighted by atomic mass is 9.92. The molecule has 1 aromatic carbocycles. The van der Waals surface area contributed by atoms with E-state index >= 15 is 0 Å². The average molecular weight is 275 g/mol. The monoisotopic (exact) mass is 274 g/mol. The summed E-state index contributed by atoms with van der Waals surface area (Å²) in [5.74, 6) is -0.0777. The third kappa shape index (κ3) is 3.58. The molecule has 1 N–H and O–H groups in total. The van der Waals surface area contributed by atoms with Gasteiger partial charge in [-0.3, -0.25) is 0 Å². The fourth-order valence-corrected chi connectivity index (χ4v) is 2.05. The Balaban J connectivity index is 2.82. The standard InChI is InChI=1S/C12H16BrFO/c1-3-9(8(2)15)6-10-7-11(13)4-5-12(10)14/h4-5,7-9,15H,3,6H2,1-2H3. The molecule has 3 heteroatoms. The van der Waals surface area contributed by atoms with Gasteiger partial charge in [0.05, 0.1) is 6.10 Å². The lowest BCUT2D eigenvalue weighted by molar-refractivity contribution is 0.122. The summed E-state index contributed by atoms with van der Waals surface area (Å²) in [6, 6.07) is 4.91. The van der Waals surface area contributed by atoms with Gasteiger partial charge < -0.3 is 5.11 Å². The van der Waals surface area contributed by atoms with Crippen LogP contribution in [0, 0.1) is 11.7 Å². The highest BCUT2D eigenvalue weighted by atomic mass is 79.9. The average Bonchev–Trinajstić information content (AvgIpc) is 2.18. The molecule has 2 atom stereocenters. The molecular formula is C12H16BrFO. The van der Waals surface area contributed by atoms with Crippen molar-refractivity contribution in [1.82, 2.24) is 0 Å². The molecule has 0 aliphatic rings. The maximum atomic E-state index is 13.4. The van der Waals surface area contributed by atoms with Crippen LogP contribution < -0.4 is 0 Å². The Bertz CT molecular complexity index is 325. The van der Waals surface area contributed by atoms with Crippen LogP contribution in [-0.4, -0.2) is 11.2 Å². The number of rotatable bonds is 4. The third-order valence-corrected chi connectivity index (χ3v) is 3.19. The first kappa shape index (κ1) is 12.7. The van der Waals surface area contributed by atoms with Gasteiger partial charge in [0.15, 0.2) is 0 Å². The van der Waals surface area contributed by atoms with Crippen molar-refractivity contribution in [3.63, 3.8) is 0 Å². The smallest absolute Gasteiger partial charge is 0.126 e. The van der Waals surface area contributed by atoms with Crippen molar-refractivity contribution < 1.29 is 9.50 Å². The number of aliphatic hydroxyl groups excluding tert-OH is 1. The molecule has 0 aliphatic carbocycles. The van der Waals surface area contributed by atoms with Crippen molar-refractivity contribution in [2.75, 3.05) is 0 Å². The topological polar surface area (TPSA) is 20.2 Å². The molecule has 1 nitrogen and oxygen atoms in total. The SMILES string of the molecule is CCC(Cc1cc(Br)ccc1F)C(C)O. The molecule has 0 fully saturated rings. The molecule has 1 rings (SSSR count). The summed E-state index contributed by atoms with van der Waals surface area (Å²) >= 11 is 3.32. The van der Waals surface area contributed by atoms with Crippen molar-refractivity contribution in [2.45, 2.75) is 32.8 Å². The molecule has 0 bridgehead atoms. The van der Waals surface area contributed by atoms with Gasteiger partial charge in [-0.1, -0.05) is 29.3 Å². The van der Waals surface area contributed by atoms with E-state index in [1.807, 2.05) is 6.92 Å². The van der Waals surface area contributed by atoms with Crippen LogP contribution in [0.15, 0.2) is 22.7 Å². The Hall–Kier alpha value is -0.410. The van der Waals surface area contributed by atoms with Gasteiger partial charge in [0.25, 0.3) is 0 Å². The van der Waals surface area contributed by atoms with E-state index in [0.717, 1.165) is 10.9 Å². The lowest BCUT2D eigenvalue weighted by Gasteiger charge is -2.18. The molecule has 0 spiro atoms. The lowest BCUT2D eigenvalue weighted by Crippen LogP contribution is -2.18. The molecule has 0 aliphatic heterocycles. The molecule has 15 heavy (non-hydrogen) atoms. The predicted molar refractivity (Wildman–Crippen MR) is 63.3 cm³/mol. The highest BCUT2D eigenvalue weighted by Gasteiger charge is 2.15. The first-order valence-corrected chi connectivity index (χ1v) is 5.96. The fourth-order valence-electron chi connectivity index (χ4n) is 1.64. The summed E-state index contributed by atoms with van der Waals surface area (Å²) in [6.45, 7) is 3.76. The van der Waals surface area contributed by atoms with E-state index in [2.05, 4.69) is 15.9 Å². The molecule has 1 aromatic rings. The van der Waals surface area contributed by atoms with Gasteiger partial charge in [-0.25, -0.2) is 4.39 Å². The minimum atomic E-state index is -0.395.